The molecule has 5 heteroatoms. The van der Waals surface area contributed by atoms with Crippen molar-refractivity contribution >= 4 is 23.2 Å². The van der Waals surface area contributed by atoms with Gasteiger partial charge >= 0.3 is 0 Å². The fourth-order valence-electron chi connectivity index (χ4n) is 2.70. The second-order valence-electron chi connectivity index (χ2n) is 6.34. The summed E-state index contributed by atoms with van der Waals surface area (Å²) in [5, 5.41) is 3.57. The Morgan fingerprint density at radius 3 is 2.91 bits per heavy atom. The average molecular weight is 339 g/mol. The Balaban J connectivity index is 1.65. The molecule has 1 aromatic carbocycles. The third-order valence-corrected chi connectivity index (χ3v) is 4.69. The standard InChI is InChI=1S/C18H27ClN2O2/c1-14-6-7-15(13-17(14)19)20-18(22)9-11-21(2)10-8-16-5-3-4-12-23-16/h6-7,13,16H,3-5,8-12H2,1-2H3,(H,20,22)/t16-/m1/s1. The molecule has 1 N–H and O–H groups in total. The van der Waals surface area contributed by atoms with Gasteiger partial charge in [0.05, 0.1) is 6.10 Å². The summed E-state index contributed by atoms with van der Waals surface area (Å²) in [4.78, 5) is 14.2. The van der Waals surface area contributed by atoms with Gasteiger partial charge in [-0.3, -0.25) is 4.79 Å². The number of amides is 1. The van der Waals surface area contributed by atoms with Crippen molar-refractivity contribution < 1.29 is 9.53 Å². The Labute approximate surface area is 144 Å². The van der Waals surface area contributed by atoms with Crippen LogP contribution in [0.5, 0.6) is 0 Å². The molecular formula is C18H27ClN2O2. The highest BCUT2D eigenvalue weighted by atomic mass is 35.5. The van der Waals surface area contributed by atoms with Crippen LogP contribution in [0, 0.1) is 6.92 Å². The van der Waals surface area contributed by atoms with Crippen molar-refractivity contribution in [1.29, 1.82) is 0 Å². The zero-order valence-corrected chi connectivity index (χ0v) is 14.9. The van der Waals surface area contributed by atoms with E-state index in [1.54, 1.807) is 6.07 Å². The van der Waals surface area contributed by atoms with Gasteiger partial charge in [0.15, 0.2) is 0 Å². The van der Waals surface area contributed by atoms with E-state index in [-0.39, 0.29) is 5.91 Å². The molecule has 4 nitrogen and oxygen atoms in total. The normalized spacial score (nSPS) is 18.2. The number of rotatable bonds is 7. The number of nitrogens with zero attached hydrogens (tertiary/aromatic N) is 1. The van der Waals surface area contributed by atoms with Crippen LogP contribution in [-0.2, 0) is 9.53 Å². The van der Waals surface area contributed by atoms with Crippen molar-refractivity contribution in [3.8, 4) is 0 Å². The lowest BCUT2D eigenvalue weighted by Gasteiger charge is -2.25. The second kappa shape index (κ2) is 9.26. The molecule has 0 saturated carbocycles. The van der Waals surface area contributed by atoms with Gasteiger partial charge in [0.2, 0.25) is 5.91 Å². The highest BCUT2D eigenvalue weighted by Gasteiger charge is 2.14. The van der Waals surface area contributed by atoms with Gasteiger partial charge in [-0.25, -0.2) is 0 Å². The smallest absolute Gasteiger partial charge is 0.225 e. The van der Waals surface area contributed by atoms with Crippen molar-refractivity contribution in [1.82, 2.24) is 4.90 Å². The van der Waals surface area contributed by atoms with Crippen LogP contribution in [0.15, 0.2) is 18.2 Å². The minimum absolute atomic E-state index is 0.0192. The number of carbonyl (C=O) groups is 1. The third-order valence-electron chi connectivity index (χ3n) is 4.28. The van der Waals surface area contributed by atoms with Crippen molar-refractivity contribution in [3.63, 3.8) is 0 Å². The van der Waals surface area contributed by atoms with Gasteiger partial charge in [-0.15, -0.1) is 0 Å². The van der Waals surface area contributed by atoms with Gasteiger partial charge in [0.25, 0.3) is 0 Å². The number of anilines is 1. The van der Waals surface area contributed by atoms with Crippen molar-refractivity contribution in [2.45, 2.75) is 45.1 Å². The number of halogens is 1. The number of aryl methyl sites for hydroxylation is 1. The van der Waals surface area contributed by atoms with Crippen LogP contribution in [0.25, 0.3) is 0 Å². The van der Waals surface area contributed by atoms with Gasteiger partial charge in [0.1, 0.15) is 0 Å². The summed E-state index contributed by atoms with van der Waals surface area (Å²) in [5.74, 6) is 0.0192. The van der Waals surface area contributed by atoms with Crippen LogP contribution in [0.4, 0.5) is 5.69 Å². The summed E-state index contributed by atoms with van der Waals surface area (Å²) >= 11 is 6.07. The second-order valence-corrected chi connectivity index (χ2v) is 6.75. The molecule has 2 rings (SSSR count). The molecule has 1 amide bonds. The first-order chi connectivity index (χ1) is 11.0. The summed E-state index contributed by atoms with van der Waals surface area (Å²) in [7, 11) is 2.05. The Morgan fingerprint density at radius 2 is 2.22 bits per heavy atom. The quantitative estimate of drug-likeness (QED) is 0.820. The highest BCUT2D eigenvalue weighted by Crippen LogP contribution is 2.20. The van der Waals surface area contributed by atoms with Gasteiger partial charge in [-0.2, -0.15) is 0 Å². The van der Waals surface area contributed by atoms with Crippen LogP contribution < -0.4 is 5.32 Å². The lowest BCUT2D eigenvalue weighted by atomic mass is 10.1. The van der Waals surface area contributed by atoms with Crippen molar-refractivity contribution in [3.05, 3.63) is 28.8 Å². The topological polar surface area (TPSA) is 41.6 Å². The number of ether oxygens (including phenoxy) is 1. The molecule has 1 aromatic rings. The molecule has 128 valence electrons. The SMILES string of the molecule is Cc1ccc(NC(=O)CCN(C)CC[C@H]2CCCCO2)cc1Cl. The molecule has 0 spiro atoms. The maximum Gasteiger partial charge on any atom is 0.225 e. The molecule has 1 aliphatic rings. The van der Waals surface area contributed by atoms with Crippen LogP contribution in [0.3, 0.4) is 0 Å². The predicted molar refractivity (Wildman–Crippen MR) is 95.1 cm³/mol. The number of hydrogen-bond donors (Lipinski definition) is 1. The largest absolute Gasteiger partial charge is 0.378 e. The van der Waals surface area contributed by atoms with Crippen LogP contribution in [-0.4, -0.2) is 43.7 Å². The van der Waals surface area contributed by atoms with E-state index < -0.39 is 0 Å². The summed E-state index contributed by atoms with van der Waals surface area (Å²) in [6.45, 7) is 4.56. The third kappa shape index (κ3) is 6.50. The van der Waals surface area contributed by atoms with E-state index in [4.69, 9.17) is 16.3 Å². The Bertz CT molecular complexity index is 516. The molecule has 1 aliphatic heterocycles. The van der Waals surface area contributed by atoms with Gasteiger partial charge in [-0.05, 0) is 57.4 Å². The zero-order chi connectivity index (χ0) is 16.7. The minimum Gasteiger partial charge on any atom is -0.378 e. The molecule has 0 radical (unpaired) electrons. The fraction of sp³-hybridized carbons (Fsp3) is 0.611. The van der Waals surface area contributed by atoms with E-state index in [1.165, 1.54) is 19.3 Å². The lowest BCUT2D eigenvalue weighted by molar-refractivity contribution is -0.116. The Hall–Kier alpha value is -1.10. The van der Waals surface area contributed by atoms with Gasteiger partial charge in [-0.1, -0.05) is 17.7 Å². The number of benzene rings is 1. The fourth-order valence-corrected chi connectivity index (χ4v) is 2.88. The number of nitrogens with one attached hydrogen (secondary N) is 1. The molecule has 0 aromatic heterocycles. The maximum absolute atomic E-state index is 12.0. The maximum atomic E-state index is 12.0. The predicted octanol–water partition coefficient (Wildman–Crippen LogP) is 3.87. The molecule has 0 bridgehead atoms. The Kier molecular flexibility index (Phi) is 7.34. The summed E-state index contributed by atoms with van der Waals surface area (Å²) in [6, 6.07) is 5.58. The van der Waals surface area contributed by atoms with E-state index >= 15 is 0 Å². The Morgan fingerprint density at radius 1 is 1.39 bits per heavy atom. The molecule has 1 fully saturated rings. The lowest BCUT2D eigenvalue weighted by Crippen LogP contribution is -2.29. The molecule has 0 unspecified atom stereocenters. The van der Waals surface area contributed by atoms with Gasteiger partial charge in [0, 0.05) is 36.8 Å². The van der Waals surface area contributed by atoms with Crippen LogP contribution in [0.1, 0.15) is 37.7 Å². The first-order valence-electron chi connectivity index (χ1n) is 8.41. The molecule has 1 heterocycles. The van der Waals surface area contributed by atoms with E-state index in [9.17, 15) is 4.79 Å². The number of hydrogen-bond acceptors (Lipinski definition) is 3. The summed E-state index contributed by atoms with van der Waals surface area (Å²) in [6.07, 6.45) is 5.56. The molecule has 0 aliphatic carbocycles. The van der Waals surface area contributed by atoms with Crippen molar-refractivity contribution in [2.24, 2.45) is 0 Å². The minimum atomic E-state index is 0.0192. The molecule has 1 atom stereocenters. The average Bonchev–Trinajstić information content (AvgIpc) is 2.55. The monoisotopic (exact) mass is 338 g/mol. The van der Waals surface area contributed by atoms with Crippen LogP contribution in [0.2, 0.25) is 5.02 Å². The molecule has 1 saturated heterocycles. The van der Waals surface area contributed by atoms with E-state index in [0.29, 0.717) is 17.5 Å². The summed E-state index contributed by atoms with van der Waals surface area (Å²) in [5.41, 5.74) is 1.76. The zero-order valence-electron chi connectivity index (χ0n) is 14.1. The van der Waals surface area contributed by atoms with Crippen LogP contribution >= 0.6 is 11.6 Å². The first-order valence-corrected chi connectivity index (χ1v) is 8.78. The van der Waals surface area contributed by atoms with E-state index in [1.807, 2.05) is 19.1 Å². The van der Waals surface area contributed by atoms with Crippen molar-refractivity contribution in [2.75, 3.05) is 32.1 Å². The first kappa shape index (κ1) is 18.2. The molecular weight excluding hydrogens is 312 g/mol. The molecule has 23 heavy (non-hydrogen) atoms. The number of carbonyl (C=O) groups excluding carboxylic acids is 1. The highest BCUT2D eigenvalue weighted by molar-refractivity contribution is 6.31. The van der Waals surface area contributed by atoms with E-state index in [2.05, 4.69) is 17.3 Å². The van der Waals surface area contributed by atoms with Gasteiger partial charge < -0.3 is 15.0 Å². The van der Waals surface area contributed by atoms with E-state index in [0.717, 1.165) is 37.4 Å². The summed E-state index contributed by atoms with van der Waals surface area (Å²) < 4.78 is 5.74.